The molecule has 0 aliphatic rings. The van der Waals surface area contributed by atoms with E-state index in [0.29, 0.717) is 0 Å². The summed E-state index contributed by atoms with van der Waals surface area (Å²) < 4.78 is 7.08. The number of benzene rings is 8. The van der Waals surface area contributed by atoms with E-state index in [-0.39, 0.29) is 0 Å². The molecule has 0 aliphatic heterocycles. The lowest BCUT2D eigenvalue weighted by atomic mass is 10.1. The van der Waals surface area contributed by atoms with Gasteiger partial charge in [0.25, 0.3) is 0 Å². The second-order valence-corrected chi connectivity index (χ2v) is 15.0. The Morgan fingerprint density at radius 3 is 1.02 bits per heavy atom. The molecule has 11 aromatic rings. The highest BCUT2D eigenvalue weighted by atomic mass is 15.1. The van der Waals surface area contributed by atoms with Crippen molar-refractivity contribution in [3.63, 3.8) is 0 Å². The largest absolute Gasteiger partial charge is 0.310 e. The van der Waals surface area contributed by atoms with Crippen LogP contribution in [0, 0.1) is 0 Å². The number of fused-ring (bicyclic) bond motifs is 7. The van der Waals surface area contributed by atoms with E-state index in [9.17, 15) is 0 Å². The van der Waals surface area contributed by atoms with Gasteiger partial charge in [0.1, 0.15) is 0 Å². The Balaban J connectivity index is 1.05. The number of anilines is 3. The van der Waals surface area contributed by atoms with Gasteiger partial charge in [0, 0.05) is 66.6 Å². The number of nitrogens with zero attached hydrogens (tertiary/aromatic N) is 4. The van der Waals surface area contributed by atoms with E-state index in [1.807, 2.05) is 6.08 Å². The van der Waals surface area contributed by atoms with Crippen LogP contribution in [0.15, 0.2) is 207 Å². The van der Waals surface area contributed by atoms with E-state index in [0.717, 1.165) is 50.9 Å². The van der Waals surface area contributed by atoms with Gasteiger partial charge in [-0.1, -0.05) is 110 Å². The van der Waals surface area contributed by atoms with Gasteiger partial charge in [-0.05, 0) is 116 Å². The van der Waals surface area contributed by atoms with Crippen molar-refractivity contribution in [2.45, 2.75) is 6.92 Å². The molecule has 0 aliphatic carbocycles. The average molecular weight is 757 g/mol. The van der Waals surface area contributed by atoms with Crippen molar-refractivity contribution in [3.8, 4) is 17.1 Å². The molecule has 0 fully saturated rings. The first-order valence-corrected chi connectivity index (χ1v) is 20.2. The Morgan fingerprint density at radius 2 is 0.678 bits per heavy atom. The summed E-state index contributed by atoms with van der Waals surface area (Å²) in [7, 11) is 0. The van der Waals surface area contributed by atoms with Crippen molar-refractivity contribution >= 4 is 83.7 Å². The standard InChI is InChI=1S/C55H40N4/c1-3-15-50-44(4-2)45-16-5-10-21-51(45)57(50)41-32-26-38(27-33-41)56(39-28-34-42(35-29-39)58-52-22-11-6-17-46(52)47-18-7-12-23-53(47)58)40-30-36-43(37-31-40)59-54-24-13-8-19-48(54)49-20-9-14-25-55(49)59/h3-37H,2H2,1H3/b15-3-. The van der Waals surface area contributed by atoms with E-state index >= 15 is 0 Å². The van der Waals surface area contributed by atoms with Crippen molar-refractivity contribution < 1.29 is 0 Å². The molecule has 280 valence electrons. The van der Waals surface area contributed by atoms with Gasteiger partial charge in [0.05, 0.1) is 33.3 Å². The maximum Gasteiger partial charge on any atom is 0.0541 e. The van der Waals surface area contributed by atoms with E-state index < -0.39 is 0 Å². The number of hydrogen-bond acceptors (Lipinski definition) is 1. The minimum atomic E-state index is 1.07. The number of hydrogen-bond donors (Lipinski definition) is 0. The predicted octanol–water partition coefficient (Wildman–Crippen LogP) is 15.0. The summed E-state index contributed by atoms with van der Waals surface area (Å²) >= 11 is 0. The fourth-order valence-corrected chi connectivity index (χ4v) is 9.20. The lowest BCUT2D eigenvalue weighted by Crippen LogP contribution is -2.10. The minimum absolute atomic E-state index is 1.07. The van der Waals surface area contributed by atoms with Crippen LogP contribution in [0.1, 0.15) is 18.2 Å². The van der Waals surface area contributed by atoms with Crippen molar-refractivity contribution in [2.75, 3.05) is 4.90 Å². The van der Waals surface area contributed by atoms with Gasteiger partial charge in [0.15, 0.2) is 0 Å². The van der Waals surface area contributed by atoms with Crippen molar-refractivity contribution in [1.29, 1.82) is 0 Å². The Hall–Kier alpha value is -7.82. The number of rotatable bonds is 8. The predicted molar refractivity (Wildman–Crippen MR) is 251 cm³/mol. The van der Waals surface area contributed by atoms with Gasteiger partial charge in [-0.3, -0.25) is 0 Å². The Bertz CT molecular complexity index is 3130. The lowest BCUT2D eigenvalue weighted by Gasteiger charge is -2.26. The van der Waals surface area contributed by atoms with Crippen LogP contribution in [0.2, 0.25) is 0 Å². The molecule has 8 aromatic carbocycles. The Morgan fingerprint density at radius 1 is 0.373 bits per heavy atom. The zero-order chi connectivity index (χ0) is 39.5. The summed E-state index contributed by atoms with van der Waals surface area (Å²) in [6.07, 6.45) is 6.24. The zero-order valence-corrected chi connectivity index (χ0v) is 32.7. The van der Waals surface area contributed by atoms with Crippen LogP contribution >= 0.6 is 0 Å². The molecule has 4 nitrogen and oxygen atoms in total. The topological polar surface area (TPSA) is 18.0 Å². The first-order valence-electron chi connectivity index (χ1n) is 20.2. The van der Waals surface area contributed by atoms with E-state index in [2.05, 4.69) is 238 Å². The molecule has 0 amide bonds. The van der Waals surface area contributed by atoms with Gasteiger partial charge < -0.3 is 18.6 Å². The van der Waals surface area contributed by atoms with Crippen LogP contribution < -0.4 is 4.90 Å². The molecule has 0 N–H and O–H groups in total. The molecule has 0 saturated carbocycles. The maximum atomic E-state index is 4.18. The zero-order valence-electron chi connectivity index (χ0n) is 32.7. The number of allylic oxidation sites excluding steroid dienone is 1. The molecule has 0 atom stereocenters. The summed E-state index contributed by atoms with van der Waals surface area (Å²) in [5.41, 5.74) is 14.7. The van der Waals surface area contributed by atoms with Crippen molar-refractivity contribution in [3.05, 3.63) is 218 Å². The third-order valence-corrected chi connectivity index (χ3v) is 11.7. The Labute approximate surface area is 343 Å². The normalized spacial score (nSPS) is 11.8. The summed E-state index contributed by atoms with van der Waals surface area (Å²) in [5.74, 6) is 0. The summed E-state index contributed by atoms with van der Waals surface area (Å²) in [6, 6.07) is 70.1. The van der Waals surface area contributed by atoms with E-state index in [4.69, 9.17) is 0 Å². The fraction of sp³-hybridized carbons (Fsp3) is 0.0182. The van der Waals surface area contributed by atoms with Crippen molar-refractivity contribution in [1.82, 2.24) is 13.7 Å². The molecule has 0 bridgehead atoms. The highest BCUT2D eigenvalue weighted by Gasteiger charge is 2.19. The molecular weight excluding hydrogens is 717 g/mol. The van der Waals surface area contributed by atoms with Gasteiger partial charge in [-0.2, -0.15) is 0 Å². The van der Waals surface area contributed by atoms with Crippen molar-refractivity contribution in [2.24, 2.45) is 0 Å². The summed E-state index contributed by atoms with van der Waals surface area (Å²) in [5, 5.41) is 6.21. The van der Waals surface area contributed by atoms with Gasteiger partial charge in [-0.15, -0.1) is 0 Å². The van der Waals surface area contributed by atoms with Crippen LogP contribution in [-0.4, -0.2) is 13.7 Å². The van der Waals surface area contributed by atoms with E-state index in [1.165, 1.54) is 49.0 Å². The second kappa shape index (κ2) is 14.0. The van der Waals surface area contributed by atoms with Crippen LogP contribution in [0.5, 0.6) is 0 Å². The molecule has 0 spiro atoms. The molecule has 0 radical (unpaired) electrons. The number of para-hydroxylation sites is 5. The Kier molecular flexibility index (Phi) is 8.16. The first-order chi connectivity index (χ1) is 29.2. The molecule has 3 aromatic heterocycles. The van der Waals surface area contributed by atoms with E-state index in [1.54, 1.807) is 0 Å². The molecule has 3 heterocycles. The van der Waals surface area contributed by atoms with Crippen LogP contribution in [0.4, 0.5) is 17.1 Å². The molecule has 59 heavy (non-hydrogen) atoms. The monoisotopic (exact) mass is 756 g/mol. The minimum Gasteiger partial charge on any atom is -0.310 e. The number of aromatic nitrogens is 3. The molecule has 0 saturated heterocycles. The molecule has 11 rings (SSSR count). The first kappa shape index (κ1) is 34.4. The average Bonchev–Trinajstić information content (AvgIpc) is 3.93. The maximum absolute atomic E-state index is 4.18. The second-order valence-electron chi connectivity index (χ2n) is 15.0. The van der Waals surface area contributed by atoms with Crippen LogP contribution in [-0.2, 0) is 0 Å². The molecule has 0 unspecified atom stereocenters. The quantitative estimate of drug-likeness (QED) is 0.151. The third-order valence-electron chi connectivity index (χ3n) is 11.7. The molecular formula is C55H40N4. The van der Waals surface area contributed by atoms with Crippen LogP contribution in [0.3, 0.4) is 0 Å². The highest BCUT2D eigenvalue weighted by molar-refractivity contribution is 6.10. The molecule has 4 heteroatoms. The SMILES string of the molecule is C=Cc1c(/C=C\C)n(-c2ccc(N(c3ccc(-n4c5ccccc5c5ccccc54)cc3)c3ccc(-n4c5ccccc5c5ccccc54)cc3)cc2)c2ccccc12. The smallest absolute Gasteiger partial charge is 0.0541 e. The van der Waals surface area contributed by atoms with Crippen LogP contribution in [0.25, 0.3) is 83.7 Å². The summed E-state index contributed by atoms with van der Waals surface area (Å²) in [6.45, 7) is 6.25. The third kappa shape index (κ3) is 5.45. The summed E-state index contributed by atoms with van der Waals surface area (Å²) in [4.78, 5) is 2.35. The lowest BCUT2D eigenvalue weighted by molar-refractivity contribution is 1.10. The van der Waals surface area contributed by atoms with Gasteiger partial charge in [-0.25, -0.2) is 0 Å². The highest BCUT2D eigenvalue weighted by Crippen LogP contribution is 2.40. The van der Waals surface area contributed by atoms with Gasteiger partial charge in [0.2, 0.25) is 0 Å². The van der Waals surface area contributed by atoms with Gasteiger partial charge >= 0.3 is 0 Å². The fourth-order valence-electron chi connectivity index (χ4n) is 9.20.